The Labute approximate surface area is 112 Å². The van der Waals surface area contributed by atoms with E-state index in [0.717, 1.165) is 25.9 Å². The second-order valence-electron chi connectivity index (χ2n) is 4.56. The molecule has 1 aromatic rings. The summed E-state index contributed by atoms with van der Waals surface area (Å²) in [6.07, 6.45) is 3.10. The number of hydrogen-bond donors (Lipinski definition) is 0. The molecule has 0 N–H and O–H groups in total. The zero-order chi connectivity index (χ0) is 13.7. The van der Waals surface area contributed by atoms with Crippen molar-refractivity contribution in [2.75, 3.05) is 19.8 Å². The number of aryl methyl sites for hydroxylation is 1. The van der Waals surface area contributed by atoms with Gasteiger partial charge < -0.3 is 14.2 Å². The predicted molar refractivity (Wildman–Crippen MR) is 68.3 cm³/mol. The van der Waals surface area contributed by atoms with Crippen LogP contribution < -0.4 is 4.74 Å². The highest BCUT2D eigenvalue weighted by Crippen LogP contribution is 2.14. The molecule has 1 atom stereocenters. The molecule has 1 fully saturated rings. The van der Waals surface area contributed by atoms with Gasteiger partial charge in [0.05, 0.1) is 6.61 Å². The first-order valence-corrected chi connectivity index (χ1v) is 6.58. The summed E-state index contributed by atoms with van der Waals surface area (Å²) in [5.41, 5.74) is 0.534. The molecule has 6 nitrogen and oxygen atoms in total. The van der Waals surface area contributed by atoms with Gasteiger partial charge in [-0.15, -0.1) is 5.10 Å². The maximum Gasteiger partial charge on any atom is 0.233 e. The molecule has 2 rings (SSSR count). The molecule has 1 aliphatic rings. The molecule has 0 aliphatic carbocycles. The Morgan fingerprint density at radius 2 is 2.37 bits per heavy atom. The molecule has 1 aromatic heterocycles. The Hall–Kier alpha value is -1.40. The first kappa shape index (κ1) is 14.0. The molecule has 0 radical (unpaired) electrons. The van der Waals surface area contributed by atoms with Crippen LogP contribution in [-0.4, -0.2) is 41.7 Å². The van der Waals surface area contributed by atoms with E-state index in [-0.39, 0.29) is 12.1 Å². The molecule has 1 saturated heterocycles. The van der Waals surface area contributed by atoms with Crippen molar-refractivity contribution in [2.45, 2.75) is 32.5 Å². The Morgan fingerprint density at radius 3 is 3.00 bits per heavy atom. The Kier molecular flexibility index (Phi) is 4.93. The standard InChI is InChI=1S/C13H20N2O4/c1-10(16)11-9-12(14-15(11)2)17-7-8-19-13-5-3-4-6-18-13/h9,13H,3-8H2,1-2H3. The van der Waals surface area contributed by atoms with Crippen LogP contribution in [0.15, 0.2) is 6.07 Å². The van der Waals surface area contributed by atoms with Crippen molar-refractivity contribution in [2.24, 2.45) is 7.05 Å². The van der Waals surface area contributed by atoms with E-state index < -0.39 is 0 Å². The minimum absolute atomic E-state index is 0.0308. The van der Waals surface area contributed by atoms with Gasteiger partial charge in [-0.25, -0.2) is 0 Å². The molecular weight excluding hydrogens is 248 g/mol. The van der Waals surface area contributed by atoms with E-state index in [1.54, 1.807) is 13.1 Å². The van der Waals surface area contributed by atoms with Crippen LogP contribution in [0.4, 0.5) is 0 Å². The summed E-state index contributed by atoms with van der Waals surface area (Å²) in [7, 11) is 1.72. The second-order valence-corrected chi connectivity index (χ2v) is 4.56. The lowest BCUT2D eigenvalue weighted by Gasteiger charge is -2.22. The summed E-state index contributed by atoms with van der Waals surface area (Å²) in [5.74, 6) is 0.414. The summed E-state index contributed by atoms with van der Waals surface area (Å²) in [6, 6.07) is 1.64. The number of aromatic nitrogens is 2. The molecule has 0 spiro atoms. The third kappa shape index (κ3) is 4.04. The fourth-order valence-corrected chi connectivity index (χ4v) is 2.01. The van der Waals surface area contributed by atoms with Crippen molar-refractivity contribution < 1.29 is 19.0 Å². The lowest BCUT2D eigenvalue weighted by Crippen LogP contribution is -2.24. The lowest BCUT2D eigenvalue weighted by molar-refractivity contribution is -0.165. The van der Waals surface area contributed by atoms with E-state index in [1.165, 1.54) is 11.6 Å². The molecule has 0 aromatic carbocycles. The van der Waals surface area contributed by atoms with Crippen LogP contribution in [0.25, 0.3) is 0 Å². The fraction of sp³-hybridized carbons (Fsp3) is 0.692. The van der Waals surface area contributed by atoms with Gasteiger partial charge in [-0.2, -0.15) is 0 Å². The number of carbonyl (C=O) groups excluding carboxylic acids is 1. The number of ether oxygens (including phenoxy) is 3. The topological polar surface area (TPSA) is 62.6 Å². The number of Topliss-reactive ketones (excluding diaryl/α,β-unsaturated/α-hetero) is 1. The van der Waals surface area contributed by atoms with Gasteiger partial charge in [0, 0.05) is 26.6 Å². The highest BCUT2D eigenvalue weighted by molar-refractivity contribution is 5.92. The zero-order valence-corrected chi connectivity index (χ0v) is 11.4. The first-order chi connectivity index (χ1) is 9.16. The van der Waals surface area contributed by atoms with Crippen molar-refractivity contribution >= 4 is 5.78 Å². The summed E-state index contributed by atoms with van der Waals surface area (Å²) in [5, 5.41) is 4.10. The van der Waals surface area contributed by atoms with Gasteiger partial charge in [0.25, 0.3) is 0 Å². The van der Waals surface area contributed by atoms with Crippen LogP contribution in [-0.2, 0) is 16.5 Å². The van der Waals surface area contributed by atoms with Crippen molar-refractivity contribution in [1.82, 2.24) is 9.78 Å². The minimum Gasteiger partial charge on any atom is -0.474 e. The third-order valence-corrected chi connectivity index (χ3v) is 2.99. The van der Waals surface area contributed by atoms with Gasteiger partial charge >= 0.3 is 0 Å². The smallest absolute Gasteiger partial charge is 0.233 e. The summed E-state index contributed by atoms with van der Waals surface area (Å²) >= 11 is 0. The van der Waals surface area contributed by atoms with Crippen LogP contribution in [0.5, 0.6) is 5.88 Å². The van der Waals surface area contributed by atoms with E-state index in [0.29, 0.717) is 24.8 Å². The van der Waals surface area contributed by atoms with Crippen LogP contribution in [0.3, 0.4) is 0 Å². The third-order valence-electron chi connectivity index (χ3n) is 2.99. The van der Waals surface area contributed by atoms with Gasteiger partial charge in [-0.3, -0.25) is 9.48 Å². The lowest BCUT2D eigenvalue weighted by atomic mass is 10.2. The maximum absolute atomic E-state index is 11.3. The van der Waals surface area contributed by atoms with E-state index in [2.05, 4.69) is 5.10 Å². The molecule has 6 heteroatoms. The molecular formula is C13H20N2O4. The van der Waals surface area contributed by atoms with E-state index >= 15 is 0 Å². The van der Waals surface area contributed by atoms with Gasteiger partial charge in [0.15, 0.2) is 12.1 Å². The number of ketones is 1. The van der Waals surface area contributed by atoms with E-state index in [1.807, 2.05) is 0 Å². The summed E-state index contributed by atoms with van der Waals surface area (Å²) < 4.78 is 17.9. The molecule has 0 bridgehead atoms. The predicted octanol–water partition coefficient (Wildman–Crippen LogP) is 1.54. The molecule has 19 heavy (non-hydrogen) atoms. The van der Waals surface area contributed by atoms with Gasteiger partial charge in [0.1, 0.15) is 12.3 Å². The molecule has 0 saturated carbocycles. The Morgan fingerprint density at radius 1 is 1.53 bits per heavy atom. The van der Waals surface area contributed by atoms with Crippen molar-refractivity contribution in [3.8, 4) is 5.88 Å². The number of rotatable bonds is 6. The monoisotopic (exact) mass is 268 g/mol. The highest BCUT2D eigenvalue weighted by Gasteiger charge is 2.14. The molecule has 2 heterocycles. The molecule has 106 valence electrons. The molecule has 0 amide bonds. The Bertz CT molecular complexity index is 424. The van der Waals surface area contributed by atoms with Gasteiger partial charge in [-0.1, -0.05) is 0 Å². The Balaban J connectivity index is 1.70. The highest BCUT2D eigenvalue weighted by atomic mass is 16.7. The largest absolute Gasteiger partial charge is 0.474 e. The van der Waals surface area contributed by atoms with E-state index in [9.17, 15) is 4.79 Å². The number of hydrogen-bond acceptors (Lipinski definition) is 5. The quantitative estimate of drug-likeness (QED) is 0.578. The van der Waals surface area contributed by atoms with Gasteiger partial charge in [0.2, 0.25) is 5.88 Å². The normalized spacial score (nSPS) is 19.4. The van der Waals surface area contributed by atoms with Crippen molar-refractivity contribution in [3.05, 3.63) is 11.8 Å². The SMILES string of the molecule is CC(=O)c1cc(OCCOC2CCCCO2)nn1C. The molecule has 1 aliphatic heterocycles. The average molecular weight is 268 g/mol. The second kappa shape index (κ2) is 6.68. The zero-order valence-electron chi connectivity index (χ0n) is 11.4. The number of nitrogens with zero attached hydrogens (tertiary/aromatic N) is 2. The molecule has 1 unspecified atom stereocenters. The van der Waals surface area contributed by atoms with Gasteiger partial charge in [-0.05, 0) is 19.3 Å². The average Bonchev–Trinajstić information content (AvgIpc) is 2.77. The summed E-state index contributed by atoms with van der Waals surface area (Å²) in [4.78, 5) is 11.3. The fourth-order valence-electron chi connectivity index (χ4n) is 2.01. The van der Waals surface area contributed by atoms with Crippen molar-refractivity contribution in [3.63, 3.8) is 0 Å². The number of carbonyl (C=O) groups is 1. The summed E-state index contributed by atoms with van der Waals surface area (Å²) in [6.45, 7) is 3.13. The van der Waals surface area contributed by atoms with E-state index in [4.69, 9.17) is 14.2 Å². The maximum atomic E-state index is 11.3. The minimum atomic E-state index is -0.103. The first-order valence-electron chi connectivity index (χ1n) is 6.58. The van der Waals surface area contributed by atoms with Crippen LogP contribution in [0, 0.1) is 0 Å². The van der Waals surface area contributed by atoms with Crippen LogP contribution in [0.2, 0.25) is 0 Å². The van der Waals surface area contributed by atoms with Crippen molar-refractivity contribution in [1.29, 1.82) is 0 Å². The van der Waals surface area contributed by atoms with Crippen LogP contribution in [0.1, 0.15) is 36.7 Å². The van der Waals surface area contributed by atoms with Crippen LogP contribution >= 0.6 is 0 Å².